The highest BCUT2D eigenvalue weighted by Crippen LogP contribution is 2.34. The number of nitrogens with two attached hydrogens (primary N) is 1. The van der Waals surface area contributed by atoms with Crippen LogP contribution in [0.3, 0.4) is 0 Å². The highest BCUT2D eigenvalue weighted by Gasteiger charge is 2.19. The molecule has 0 aliphatic rings. The molecule has 6 nitrogen and oxygen atoms in total. The molecular formula is C16H11Cl2FN2O4. The van der Waals surface area contributed by atoms with E-state index in [9.17, 15) is 9.18 Å². The summed E-state index contributed by atoms with van der Waals surface area (Å²) in [5.41, 5.74) is 6.29. The van der Waals surface area contributed by atoms with Crippen LogP contribution in [-0.4, -0.2) is 22.7 Å². The summed E-state index contributed by atoms with van der Waals surface area (Å²) in [4.78, 5) is 15.1. The Kier molecular flexibility index (Phi) is 4.69. The smallest absolute Gasteiger partial charge is 0.339 e. The predicted octanol–water partition coefficient (Wildman–Crippen LogP) is 4.18. The SMILES string of the molecule is Nc1ncc2c(C(=O)O)coc2c1OCCc1c(Cl)ccc(F)c1Cl. The van der Waals surface area contributed by atoms with Gasteiger partial charge in [-0.15, -0.1) is 0 Å². The van der Waals surface area contributed by atoms with Crippen LogP contribution in [0.1, 0.15) is 15.9 Å². The van der Waals surface area contributed by atoms with Crippen LogP contribution in [0.2, 0.25) is 10.0 Å². The summed E-state index contributed by atoms with van der Waals surface area (Å²) in [5, 5.41) is 9.61. The summed E-state index contributed by atoms with van der Waals surface area (Å²) >= 11 is 11.9. The number of ether oxygens (including phenoxy) is 1. The Balaban J connectivity index is 1.86. The minimum absolute atomic E-state index is 0.0372. The zero-order valence-electron chi connectivity index (χ0n) is 12.6. The average Bonchev–Trinajstić information content (AvgIpc) is 3.00. The van der Waals surface area contributed by atoms with Crippen molar-refractivity contribution >= 4 is 46.0 Å². The maximum Gasteiger partial charge on any atom is 0.339 e. The molecule has 3 N–H and O–H groups in total. The minimum atomic E-state index is -1.16. The summed E-state index contributed by atoms with van der Waals surface area (Å²) in [7, 11) is 0. The Morgan fingerprint density at radius 1 is 1.40 bits per heavy atom. The van der Waals surface area contributed by atoms with E-state index in [0.717, 1.165) is 6.26 Å². The Labute approximate surface area is 150 Å². The maximum absolute atomic E-state index is 13.5. The van der Waals surface area contributed by atoms with Crippen LogP contribution < -0.4 is 10.5 Å². The number of hydrogen-bond donors (Lipinski definition) is 2. The monoisotopic (exact) mass is 384 g/mol. The molecule has 3 aromatic rings. The number of nitrogen functional groups attached to an aromatic ring is 1. The number of aromatic nitrogens is 1. The lowest BCUT2D eigenvalue weighted by molar-refractivity contribution is 0.0698. The lowest BCUT2D eigenvalue weighted by Gasteiger charge is -2.11. The standard InChI is InChI=1S/C16H11Cl2FN2O4/c17-10-1-2-11(19)12(18)7(10)3-4-24-14-13-8(5-21-15(14)20)9(6-25-13)16(22)23/h1-2,5-6H,3-4H2,(H2,20,21)(H,22,23). The topological polar surface area (TPSA) is 98.6 Å². The normalized spacial score (nSPS) is 11.0. The van der Waals surface area contributed by atoms with Gasteiger partial charge in [-0.2, -0.15) is 0 Å². The van der Waals surface area contributed by atoms with Gasteiger partial charge in [0.25, 0.3) is 0 Å². The predicted molar refractivity (Wildman–Crippen MR) is 91.0 cm³/mol. The molecule has 25 heavy (non-hydrogen) atoms. The Morgan fingerprint density at radius 2 is 2.16 bits per heavy atom. The van der Waals surface area contributed by atoms with Crippen LogP contribution in [-0.2, 0) is 6.42 Å². The first-order chi connectivity index (χ1) is 11.9. The molecule has 0 saturated carbocycles. The van der Waals surface area contributed by atoms with Crippen LogP contribution in [0.15, 0.2) is 29.0 Å². The Hall–Kier alpha value is -2.51. The van der Waals surface area contributed by atoms with Gasteiger partial charge in [0.15, 0.2) is 11.4 Å². The highest BCUT2D eigenvalue weighted by atomic mass is 35.5. The maximum atomic E-state index is 13.5. The van der Waals surface area contributed by atoms with Crippen LogP contribution in [0, 0.1) is 5.82 Å². The Bertz CT molecular complexity index is 974. The van der Waals surface area contributed by atoms with E-state index in [2.05, 4.69) is 4.98 Å². The molecule has 9 heteroatoms. The molecule has 2 aromatic heterocycles. The van der Waals surface area contributed by atoms with Gasteiger partial charge in [-0.1, -0.05) is 23.2 Å². The molecule has 3 rings (SSSR count). The van der Waals surface area contributed by atoms with Gasteiger partial charge in [0.1, 0.15) is 17.6 Å². The quantitative estimate of drug-likeness (QED) is 0.640. The number of carboxylic acid groups (broad SMARTS) is 1. The zero-order chi connectivity index (χ0) is 18.1. The molecule has 0 unspecified atom stereocenters. The number of pyridine rings is 1. The second-order valence-electron chi connectivity index (χ2n) is 5.09. The van der Waals surface area contributed by atoms with Gasteiger partial charge in [0.2, 0.25) is 5.75 Å². The number of carbonyl (C=O) groups is 1. The molecule has 0 spiro atoms. The number of anilines is 1. The molecule has 2 heterocycles. The van der Waals surface area contributed by atoms with E-state index in [0.29, 0.717) is 10.6 Å². The number of hydrogen-bond acceptors (Lipinski definition) is 5. The summed E-state index contributed by atoms with van der Waals surface area (Å²) < 4.78 is 24.4. The number of rotatable bonds is 5. The first-order valence-electron chi connectivity index (χ1n) is 7.04. The summed E-state index contributed by atoms with van der Waals surface area (Å²) in [6, 6.07) is 2.58. The molecule has 0 aliphatic carbocycles. The Morgan fingerprint density at radius 3 is 2.88 bits per heavy atom. The molecule has 0 aliphatic heterocycles. The molecule has 0 bridgehead atoms. The van der Waals surface area contributed by atoms with Crippen molar-refractivity contribution in [1.29, 1.82) is 0 Å². The number of carboxylic acids is 1. The van der Waals surface area contributed by atoms with E-state index in [1.54, 1.807) is 0 Å². The number of fused-ring (bicyclic) bond motifs is 1. The molecule has 0 saturated heterocycles. The van der Waals surface area contributed by atoms with Gasteiger partial charge in [-0.25, -0.2) is 14.2 Å². The second-order valence-corrected chi connectivity index (χ2v) is 5.88. The fourth-order valence-electron chi connectivity index (χ4n) is 2.34. The van der Waals surface area contributed by atoms with Gasteiger partial charge in [0.05, 0.1) is 17.0 Å². The summed E-state index contributed by atoms with van der Waals surface area (Å²) in [5.74, 6) is -1.60. The van der Waals surface area contributed by atoms with Crippen molar-refractivity contribution in [1.82, 2.24) is 4.98 Å². The average molecular weight is 385 g/mol. The first-order valence-corrected chi connectivity index (χ1v) is 7.80. The van der Waals surface area contributed by atoms with E-state index < -0.39 is 11.8 Å². The van der Waals surface area contributed by atoms with Gasteiger partial charge in [0, 0.05) is 17.6 Å². The zero-order valence-corrected chi connectivity index (χ0v) is 14.1. The van der Waals surface area contributed by atoms with E-state index >= 15 is 0 Å². The molecule has 1 aromatic carbocycles. The largest absolute Gasteiger partial charge is 0.486 e. The number of furan rings is 1. The van der Waals surface area contributed by atoms with Gasteiger partial charge in [-0.05, 0) is 17.7 Å². The first kappa shape index (κ1) is 17.3. The van der Waals surface area contributed by atoms with Crippen LogP contribution in [0.4, 0.5) is 10.2 Å². The molecule has 0 fully saturated rings. The van der Waals surface area contributed by atoms with Crippen LogP contribution >= 0.6 is 23.2 Å². The lowest BCUT2D eigenvalue weighted by atomic mass is 10.1. The third-order valence-corrected chi connectivity index (χ3v) is 4.33. The van der Waals surface area contributed by atoms with E-state index in [1.807, 2.05) is 0 Å². The van der Waals surface area contributed by atoms with Crippen molar-refractivity contribution in [2.24, 2.45) is 0 Å². The van der Waals surface area contributed by atoms with Crippen molar-refractivity contribution in [3.05, 3.63) is 51.6 Å². The number of benzene rings is 1. The summed E-state index contributed by atoms with van der Waals surface area (Å²) in [6.07, 6.45) is 2.59. The van der Waals surface area contributed by atoms with Crippen molar-refractivity contribution in [3.8, 4) is 5.75 Å². The second kappa shape index (κ2) is 6.78. The van der Waals surface area contributed by atoms with Gasteiger partial charge in [-0.3, -0.25) is 0 Å². The molecular weight excluding hydrogens is 374 g/mol. The van der Waals surface area contributed by atoms with Gasteiger partial charge >= 0.3 is 5.97 Å². The fraction of sp³-hybridized carbons (Fsp3) is 0.125. The van der Waals surface area contributed by atoms with Crippen molar-refractivity contribution in [2.45, 2.75) is 6.42 Å². The van der Waals surface area contributed by atoms with Gasteiger partial charge < -0.3 is 20.0 Å². The van der Waals surface area contributed by atoms with Crippen molar-refractivity contribution < 1.29 is 23.4 Å². The van der Waals surface area contributed by atoms with Crippen molar-refractivity contribution in [3.63, 3.8) is 0 Å². The molecule has 0 radical (unpaired) electrons. The van der Waals surface area contributed by atoms with Crippen molar-refractivity contribution in [2.75, 3.05) is 12.3 Å². The van der Waals surface area contributed by atoms with Crippen LogP contribution in [0.5, 0.6) is 5.75 Å². The molecule has 130 valence electrons. The van der Waals surface area contributed by atoms with E-state index in [4.69, 9.17) is 43.2 Å². The van der Waals surface area contributed by atoms with Crippen LogP contribution in [0.25, 0.3) is 11.0 Å². The highest BCUT2D eigenvalue weighted by molar-refractivity contribution is 6.36. The number of aromatic carboxylic acids is 1. The molecule has 0 amide bonds. The van der Waals surface area contributed by atoms with E-state index in [1.165, 1.54) is 18.3 Å². The number of halogens is 3. The third-order valence-electron chi connectivity index (χ3n) is 3.57. The minimum Gasteiger partial charge on any atom is -0.486 e. The summed E-state index contributed by atoms with van der Waals surface area (Å²) in [6.45, 7) is 0.0526. The molecule has 0 atom stereocenters. The fourth-order valence-corrected chi connectivity index (χ4v) is 2.90. The third kappa shape index (κ3) is 3.20. The number of nitrogens with zero attached hydrogens (tertiary/aromatic N) is 1. The lowest BCUT2D eigenvalue weighted by Crippen LogP contribution is -2.06. The van der Waals surface area contributed by atoms with E-state index in [-0.39, 0.29) is 46.2 Å².